The van der Waals surface area contributed by atoms with Crippen molar-refractivity contribution in [3.05, 3.63) is 65.8 Å². The summed E-state index contributed by atoms with van der Waals surface area (Å²) < 4.78 is 18.0. The number of amides is 1. The molecule has 144 valence electrons. The Labute approximate surface area is 162 Å². The molecule has 0 saturated carbocycles. The molecule has 1 fully saturated rings. The predicted octanol–water partition coefficient (Wildman–Crippen LogP) is 3.80. The van der Waals surface area contributed by atoms with E-state index in [0.717, 1.165) is 24.2 Å². The van der Waals surface area contributed by atoms with Gasteiger partial charge in [0.15, 0.2) is 0 Å². The number of carbonyl (C=O) groups is 1. The number of rotatable bonds is 5. The Hall–Kier alpha value is -3.22. The lowest BCUT2D eigenvalue weighted by atomic mass is 10.1. The summed E-state index contributed by atoms with van der Waals surface area (Å²) in [6.45, 7) is 2.42. The highest BCUT2D eigenvalue weighted by Crippen LogP contribution is 2.23. The number of anilines is 1. The summed E-state index contributed by atoms with van der Waals surface area (Å²) in [4.78, 5) is 18.8. The number of aromatic nitrogens is 2. The molecule has 0 bridgehead atoms. The van der Waals surface area contributed by atoms with E-state index >= 15 is 0 Å². The molecule has 0 spiro atoms. The van der Waals surface area contributed by atoms with Crippen LogP contribution < -0.4 is 10.2 Å². The first-order valence-electron chi connectivity index (χ1n) is 9.41. The molecular weight excluding hydrogens is 359 g/mol. The van der Waals surface area contributed by atoms with Crippen LogP contribution in [0.4, 0.5) is 10.1 Å². The summed E-state index contributed by atoms with van der Waals surface area (Å²) in [6.07, 6.45) is 3.75. The van der Waals surface area contributed by atoms with Crippen LogP contribution >= 0.6 is 0 Å². The largest absolute Gasteiger partial charge is 0.372 e. The number of hydrogen-bond donors (Lipinski definition) is 1. The quantitative estimate of drug-likeness (QED) is 0.729. The van der Waals surface area contributed by atoms with Crippen molar-refractivity contribution in [2.24, 2.45) is 0 Å². The highest BCUT2D eigenvalue weighted by Gasteiger charge is 2.17. The molecule has 0 aliphatic carbocycles. The fourth-order valence-corrected chi connectivity index (χ4v) is 3.27. The van der Waals surface area contributed by atoms with E-state index in [0.29, 0.717) is 5.82 Å². The number of halogens is 1. The van der Waals surface area contributed by atoms with E-state index in [-0.39, 0.29) is 18.3 Å². The van der Waals surface area contributed by atoms with Crippen LogP contribution in [0.3, 0.4) is 0 Å². The molecule has 1 aromatic heterocycles. The van der Waals surface area contributed by atoms with Crippen LogP contribution in [-0.4, -0.2) is 29.1 Å². The second-order valence-electron chi connectivity index (χ2n) is 6.83. The van der Waals surface area contributed by atoms with Gasteiger partial charge in [-0.05, 0) is 61.2 Å². The fourth-order valence-electron chi connectivity index (χ4n) is 3.27. The normalized spacial score (nSPS) is 14.1. The van der Waals surface area contributed by atoms with Gasteiger partial charge in [0.25, 0.3) is 0 Å². The Morgan fingerprint density at radius 2 is 1.75 bits per heavy atom. The van der Waals surface area contributed by atoms with Gasteiger partial charge in [-0.25, -0.2) is 4.39 Å². The van der Waals surface area contributed by atoms with E-state index in [1.807, 2.05) is 24.3 Å². The van der Waals surface area contributed by atoms with Gasteiger partial charge in [0.05, 0.1) is 0 Å². The Kier molecular flexibility index (Phi) is 5.32. The van der Waals surface area contributed by atoms with Gasteiger partial charge >= 0.3 is 11.8 Å². The maximum Gasteiger partial charge on any atom is 0.316 e. The molecular formula is C21H21FN4O2. The maximum absolute atomic E-state index is 12.9. The standard InChI is InChI=1S/C21H21FN4O2/c22-17-8-4-15(5-9-17)14-23-20(27)21-24-19(25-28-21)16-6-10-18(11-7-16)26-12-2-1-3-13-26/h4-11H,1-3,12-14H2,(H,23,27). The van der Waals surface area contributed by atoms with Crippen LogP contribution in [0, 0.1) is 5.82 Å². The molecule has 1 amide bonds. The summed E-state index contributed by atoms with van der Waals surface area (Å²) in [6, 6.07) is 13.9. The van der Waals surface area contributed by atoms with Gasteiger partial charge in [0.1, 0.15) is 5.82 Å². The van der Waals surface area contributed by atoms with Gasteiger partial charge in [-0.2, -0.15) is 4.98 Å². The number of hydrogen-bond acceptors (Lipinski definition) is 5. The summed E-state index contributed by atoms with van der Waals surface area (Å²) in [7, 11) is 0. The van der Waals surface area contributed by atoms with Crippen LogP contribution in [0.5, 0.6) is 0 Å². The second kappa shape index (κ2) is 8.21. The third-order valence-corrected chi connectivity index (χ3v) is 4.83. The molecule has 6 nitrogen and oxygen atoms in total. The molecule has 0 atom stereocenters. The van der Waals surface area contributed by atoms with Gasteiger partial charge in [-0.1, -0.05) is 17.3 Å². The predicted molar refractivity (Wildman–Crippen MR) is 103 cm³/mol. The number of benzene rings is 2. The number of piperidine rings is 1. The Morgan fingerprint density at radius 3 is 2.46 bits per heavy atom. The number of carbonyl (C=O) groups excluding carboxylic acids is 1. The van der Waals surface area contributed by atoms with Crippen molar-refractivity contribution in [3.8, 4) is 11.4 Å². The monoisotopic (exact) mass is 380 g/mol. The topological polar surface area (TPSA) is 71.3 Å². The molecule has 1 N–H and O–H groups in total. The minimum atomic E-state index is -0.465. The molecule has 0 unspecified atom stereocenters. The molecule has 1 aliphatic rings. The highest BCUT2D eigenvalue weighted by atomic mass is 19.1. The van der Waals surface area contributed by atoms with E-state index in [4.69, 9.17) is 4.52 Å². The number of nitrogens with zero attached hydrogens (tertiary/aromatic N) is 3. The lowest BCUT2D eigenvalue weighted by molar-refractivity contribution is 0.0907. The van der Waals surface area contributed by atoms with E-state index in [2.05, 4.69) is 20.4 Å². The van der Waals surface area contributed by atoms with Crippen LogP contribution in [0.25, 0.3) is 11.4 Å². The second-order valence-corrected chi connectivity index (χ2v) is 6.83. The van der Waals surface area contributed by atoms with Crippen molar-refractivity contribution >= 4 is 11.6 Å². The minimum Gasteiger partial charge on any atom is -0.372 e. The zero-order valence-electron chi connectivity index (χ0n) is 15.4. The molecule has 28 heavy (non-hydrogen) atoms. The highest BCUT2D eigenvalue weighted by molar-refractivity contribution is 5.89. The van der Waals surface area contributed by atoms with Gasteiger partial charge < -0.3 is 14.7 Å². The van der Waals surface area contributed by atoms with Gasteiger partial charge in [0.2, 0.25) is 5.82 Å². The summed E-state index contributed by atoms with van der Waals surface area (Å²) in [5.41, 5.74) is 2.76. The maximum atomic E-state index is 12.9. The zero-order chi connectivity index (χ0) is 19.3. The fraction of sp³-hybridized carbons (Fsp3) is 0.286. The first-order valence-corrected chi connectivity index (χ1v) is 9.41. The van der Waals surface area contributed by atoms with Crippen molar-refractivity contribution in [2.45, 2.75) is 25.8 Å². The first-order chi connectivity index (χ1) is 13.7. The van der Waals surface area contributed by atoms with Crippen molar-refractivity contribution in [3.63, 3.8) is 0 Å². The summed E-state index contributed by atoms with van der Waals surface area (Å²) >= 11 is 0. The summed E-state index contributed by atoms with van der Waals surface area (Å²) in [5, 5.41) is 6.59. The van der Waals surface area contributed by atoms with E-state index < -0.39 is 5.91 Å². The lowest BCUT2D eigenvalue weighted by Gasteiger charge is -2.28. The van der Waals surface area contributed by atoms with Crippen LogP contribution in [-0.2, 0) is 6.54 Å². The van der Waals surface area contributed by atoms with E-state index in [1.165, 1.54) is 37.1 Å². The van der Waals surface area contributed by atoms with Gasteiger partial charge in [-0.3, -0.25) is 4.79 Å². The zero-order valence-corrected chi connectivity index (χ0v) is 15.4. The Bertz CT molecular complexity index is 932. The molecule has 1 aliphatic heterocycles. The van der Waals surface area contributed by atoms with Crippen molar-refractivity contribution in [1.82, 2.24) is 15.5 Å². The van der Waals surface area contributed by atoms with Crippen molar-refractivity contribution < 1.29 is 13.7 Å². The van der Waals surface area contributed by atoms with Crippen LogP contribution in [0.1, 0.15) is 35.5 Å². The third kappa shape index (κ3) is 4.19. The van der Waals surface area contributed by atoms with E-state index in [1.54, 1.807) is 12.1 Å². The Morgan fingerprint density at radius 1 is 1.04 bits per heavy atom. The molecule has 7 heteroatoms. The van der Waals surface area contributed by atoms with Crippen LogP contribution in [0.2, 0.25) is 0 Å². The lowest BCUT2D eigenvalue weighted by Crippen LogP contribution is -2.29. The molecule has 2 heterocycles. The van der Waals surface area contributed by atoms with Crippen LogP contribution in [0.15, 0.2) is 53.1 Å². The minimum absolute atomic E-state index is 0.0998. The SMILES string of the molecule is O=C(NCc1ccc(F)cc1)c1nc(-c2ccc(N3CCCCC3)cc2)no1. The smallest absolute Gasteiger partial charge is 0.316 e. The third-order valence-electron chi connectivity index (χ3n) is 4.83. The van der Waals surface area contributed by atoms with Crippen molar-refractivity contribution in [1.29, 1.82) is 0 Å². The average molecular weight is 380 g/mol. The molecule has 3 aromatic rings. The van der Waals surface area contributed by atoms with Crippen molar-refractivity contribution in [2.75, 3.05) is 18.0 Å². The first kappa shape index (κ1) is 18.2. The molecule has 0 radical (unpaired) electrons. The van der Waals surface area contributed by atoms with Gasteiger partial charge in [0, 0.05) is 30.9 Å². The number of nitrogens with one attached hydrogen (secondary N) is 1. The molecule has 2 aromatic carbocycles. The molecule has 4 rings (SSSR count). The summed E-state index contributed by atoms with van der Waals surface area (Å²) in [5.74, 6) is -0.509. The Balaban J connectivity index is 1.39. The average Bonchev–Trinajstić information content (AvgIpc) is 3.24. The van der Waals surface area contributed by atoms with Gasteiger partial charge in [-0.15, -0.1) is 0 Å². The molecule has 1 saturated heterocycles. The van der Waals surface area contributed by atoms with E-state index in [9.17, 15) is 9.18 Å².